The second kappa shape index (κ2) is 15.1. The molecule has 0 aliphatic heterocycles. The molecule has 0 N–H and O–H groups in total. The van der Waals surface area contributed by atoms with E-state index in [1.807, 2.05) is 6.07 Å². The minimum absolute atomic E-state index is 0.624. The number of hydrogen-bond donors (Lipinski definition) is 0. The normalized spacial score (nSPS) is 13.2. The van der Waals surface area contributed by atoms with E-state index in [0.29, 0.717) is 5.92 Å². The first-order valence-electron chi connectivity index (χ1n) is 21.9. The van der Waals surface area contributed by atoms with Gasteiger partial charge in [-0.15, -0.1) is 0 Å². The van der Waals surface area contributed by atoms with E-state index in [2.05, 4.69) is 216 Å². The highest BCUT2D eigenvalue weighted by molar-refractivity contribution is 6.13. The van der Waals surface area contributed by atoms with Crippen molar-refractivity contribution in [3.05, 3.63) is 218 Å². The molecule has 3 heteroatoms. The van der Waals surface area contributed by atoms with Crippen LogP contribution in [-0.4, -0.2) is 4.57 Å². The third-order valence-electron chi connectivity index (χ3n) is 13.2. The Labute approximate surface area is 361 Å². The number of rotatable bonds is 8. The molecule has 12 rings (SSSR count). The summed E-state index contributed by atoms with van der Waals surface area (Å²) in [4.78, 5) is 2.35. The van der Waals surface area contributed by atoms with Crippen LogP contribution < -0.4 is 4.90 Å². The highest BCUT2D eigenvalue weighted by Gasteiger charge is 2.22. The first-order chi connectivity index (χ1) is 30.7. The van der Waals surface area contributed by atoms with E-state index >= 15 is 0 Å². The molecule has 9 aromatic carbocycles. The molecular weight excluding hydrogens is 753 g/mol. The molecule has 1 saturated carbocycles. The van der Waals surface area contributed by atoms with Gasteiger partial charge in [0.15, 0.2) is 5.58 Å². The van der Waals surface area contributed by atoms with Gasteiger partial charge in [0.25, 0.3) is 0 Å². The van der Waals surface area contributed by atoms with Crippen molar-refractivity contribution in [1.82, 2.24) is 4.57 Å². The molecule has 62 heavy (non-hydrogen) atoms. The maximum absolute atomic E-state index is 6.62. The fourth-order valence-electron chi connectivity index (χ4n) is 10.0. The Morgan fingerprint density at radius 2 is 0.871 bits per heavy atom. The van der Waals surface area contributed by atoms with E-state index < -0.39 is 0 Å². The Morgan fingerprint density at radius 3 is 1.48 bits per heavy atom. The summed E-state index contributed by atoms with van der Waals surface area (Å²) in [7, 11) is 0. The van der Waals surface area contributed by atoms with Crippen molar-refractivity contribution in [2.24, 2.45) is 0 Å². The topological polar surface area (TPSA) is 21.3 Å². The predicted octanol–water partition coefficient (Wildman–Crippen LogP) is 16.8. The smallest absolute Gasteiger partial charge is 0.159 e. The molecule has 0 spiro atoms. The monoisotopic (exact) mass is 796 g/mol. The second-order valence-corrected chi connectivity index (χ2v) is 16.8. The van der Waals surface area contributed by atoms with E-state index in [-0.39, 0.29) is 0 Å². The molecule has 0 bridgehead atoms. The zero-order valence-electron chi connectivity index (χ0n) is 34.4. The number of benzene rings is 9. The standard InChI is InChI=1S/C59H44N2O/c1-3-12-40(13-4-1)43-22-30-48(31-23-43)60(49-32-24-44(25-33-49)41-14-5-2-6-15-41)50-34-26-45(27-35-50)47-29-37-56-54(39-47)53-38-46(42-16-7-8-17-42)28-36-55(53)61(56)57-20-11-19-52-51-18-9-10-21-58(51)62-59(52)57/h1-6,9-15,18-39,42H,7-8,16-17H2. The van der Waals surface area contributed by atoms with Gasteiger partial charge in [0.2, 0.25) is 0 Å². The maximum Gasteiger partial charge on any atom is 0.159 e. The lowest BCUT2D eigenvalue weighted by atomic mass is 9.95. The first-order valence-corrected chi connectivity index (χ1v) is 21.9. The minimum Gasteiger partial charge on any atom is -0.454 e. The Morgan fingerprint density at radius 1 is 0.387 bits per heavy atom. The number of hydrogen-bond acceptors (Lipinski definition) is 2. The van der Waals surface area contributed by atoms with Crippen molar-refractivity contribution < 1.29 is 4.42 Å². The van der Waals surface area contributed by atoms with Crippen LogP contribution in [0.25, 0.3) is 82.8 Å². The molecule has 2 aromatic heterocycles. The summed E-state index contributed by atoms with van der Waals surface area (Å²) in [5, 5.41) is 4.83. The Balaban J connectivity index is 0.961. The summed E-state index contributed by atoms with van der Waals surface area (Å²) < 4.78 is 9.05. The maximum atomic E-state index is 6.62. The van der Waals surface area contributed by atoms with Crippen LogP contribution in [0.2, 0.25) is 0 Å². The molecule has 1 aliphatic carbocycles. The van der Waals surface area contributed by atoms with Crippen LogP contribution in [0.5, 0.6) is 0 Å². The summed E-state index contributed by atoms with van der Waals surface area (Å²) in [5.41, 5.74) is 17.3. The summed E-state index contributed by atoms with van der Waals surface area (Å²) in [6, 6.07) is 77.2. The van der Waals surface area contributed by atoms with Crippen LogP contribution in [-0.2, 0) is 0 Å². The molecular formula is C59H44N2O. The van der Waals surface area contributed by atoms with Gasteiger partial charge in [-0.3, -0.25) is 0 Å². The van der Waals surface area contributed by atoms with Gasteiger partial charge in [0.1, 0.15) is 5.58 Å². The van der Waals surface area contributed by atoms with Gasteiger partial charge in [-0.1, -0.05) is 152 Å². The number of para-hydroxylation sites is 2. The van der Waals surface area contributed by atoms with Crippen LogP contribution in [0.4, 0.5) is 17.1 Å². The van der Waals surface area contributed by atoms with Gasteiger partial charge in [-0.25, -0.2) is 0 Å². The van der Waals surface area contributed by atoms with Crippen LogP contribution in [0.1, 0.15) is 37.2 Å². The number of aromatic nitrogens is 1. The number of anilines is 3. The SMILES string of the molecule is c1ccc(-c2ccc(N(c3ccc(-c4ccccc4)cc3)c3ccc(-c4ccc5c(c4)c4cc(C6CCCC6)ccc4n5-c4cccc5c4oc4ccccc45)cc3)cc2)cc1. The third-order valence-corrected chi connectivity index (χ3v) is 13.2. The molecule has 11 aromatic rings. The van der Waals surface area contributed by atoms with Crippen LogP contribution >= 0.6 is 0 Å². The largest absolute Gasteiger partial charge is 0.454 e. The summed E-state index contributed by atoms with van der Waals surface area (Å²) in [5.74, 6) is 0.624. The Kier molecular flexibility index (Phi) is 8.85. The molecule has 1 aliphatic rings. The molecule has 0 atom stereocenters. The van der Waals surface area contributed by atoms with Gasteiger partial charge in [0, 0.05) is 38.6 Å². The van der Waals surface area contributed by atoms with Crippen molar-refractivity contribution in [3.8, 4) is 39.1 Å². The van der Waals surface area contributed by atoms with Crippen molar-refractivity contribution >= 4 is 60.8 Å². The Hall–Kier alpha value is -7.62. The van der Waals surface area contributed by atoms with Crippen molar-refractivity contribution in [2.75, 3.05) is 4.90 Å². The average molecular weight is 797 g/mol. The Bertz CT molecular complexity index is 3290. The third kappa shape index (κ3) is 6.28. The van der Waals surface area contributed by atoms with Gasteiger partial charge < -0.3 is 13.9 Å². The fraction of sp³-hybridized carbons (Fsp3) is 0.0847. The van der Waals surface area contributed by atoms with E-state index in [9.17, 15) is 0 Å². The van der Waals surface area contributed by atoms with Gasteiger partial charge in [-0.2, -0.15) is 0 Å². The summed E-state index contributed by atoms with van der Waals surface area (Å²) in [6.07, 6.45) is 5.17. The summed E-state index contributed by atoms with van der Waals surface area (Å²) >= 11 is 0. The molecule has 0 saturated heterocycles. The van der Waals surface area contributed by atoms with E-state index in [1.165, 1.54) is 86.4 Å². The fourth-order valence-corrected chi connectivity index (χ4v) is 10.0. The van der Waals surface area contributed by atoms with Gasteiger partial charge in [0.05, 0.1) is 16.7 Å². The number of fused-ring (bicyclic) bond motifs is 6. The van der Waals surface area contributed by atoms with E-state index in [4.69, 9.17) is 4.42 Å². The molecule has 0 amide bonds. The van der Waals surface area contributed by atoms with Crippen molar-refractivity contribution in [3.63, 3.8) is 0 Å². The van der Waals surface area contributed by atoms with Crippen LogP contribution in [0.3, 0.4) is 0 Å². The average Bonchev–Trinajstić information content (AvgIpc) is 4.10. The lowest BCUT2D eigenvalue weighted by Gasteiger charge is -2.26. The molecule has 296 valence electrons. The van der Waals surface area contributed by atoms with Gasteiger partial charge >= 0.3 is 0 Å². The lowest BCUT2D eigenvalue weighted by molar-refractivity contribution is 0.666. The first kappa shape index (κ1) is 36.2. The quantitative estimate of drug-likeness (QED) is 0.153. The van der Waals surface area contributed by atoms with Gasteiger partial charge in [-0.05, 0) is 131 Å². The molecule has 0 radical (unpaired) electrons. The summed E-state index contributed by atoms with van der Waals surface area (Å²) in [6.45, 7) is 0. The highest BCUT2D eigenvalue weighted by Crippen LogP contribution is 2.43. The molecule has 2 heterocycles. The minimum atomic E-state index is 0.624. The number of furan rings is 1. The van der Waals surface area contributed by atoms with E-state index in [0.717, 1.165) is 44.7 Å². The van der Waals surface area contributed by atoms with Crippen molar-refractivity contribution in [1.29, 1.82) is 0 Å². The predicted molar refractivity (Wildman–Crippen MR) is 260 cm³/mol. The lowest BCUT2D eigenvalue weighted by Crippen LogP contribution is -2.09. The molecule has 1 fully saturated rings. The zero-order chi connectivity index (χ0) is 41.0. The zero-order valence-corrected chi connectivity index (χ0v) is 34.4. The molecule has 0 unspecified atom stereocenters. The second-order valence-electron chi connectivity index (χ2n) is 16.8. The van der Waals surface area contributed by atoms with Crippen molar-refractivity contribution in [2.45, 2.75) is 31.6 Å². The number of nitrogens with zero attached hydrogens (tertiary/aromatic N) is 2. The van der Waals surface area contributed by atoms with E-state index in [1.54, 1.807) is 0 Å². The van der Waals surface area contributed by atoms with Crippen LogP contribution in [0.15, 0.2) is 217 Å². The highest BCUT2D eigenvalue weighted by atomic mass is 16.3. The molecule has 3 nitrogen and oxygen atoms in total. The van der Waals surface area contributed by atoms with Crippen LogP contribution in [0, 0.1) is 0 Å².